The molecule has 2 fully saturated rings. The van der Waals surface area contributed by atoms with Crippen LogP contribution in [0.1, 0.15) is 16.8 Å². The van der Waals surface area contributed by atoms with Gasteiger partial charge in [0.15, 0.2) is 0 Å². The van der Waals surface area contributed by atoms with Crippen LogP contribution in [0.5, 0.6) is 0 Å². The van der Waals surface area contributed by atoms with Gasteiger partial charge in [0.1, 0.15) is 0 Å². The molecule has 1 unspecified atom stereocenters. The lowest BCUT2D eigenvalue weighted by Gasteiger charge is -2.43. The minimum atomic E-state index is -0.231. The summed E-state index contributed by atoms with van der Waals surface area (Å²) < 4.78 is 5.49. The molecule has 2 aromatic carbocycles. The summed E-state index contributed by atoms with van der Waals surface area (Å²) >= 11 is 1.94. The Kier molecular flexibility index (Phi) is 7.11. The number of hydrogen-bond acceptors (Lipinski definition) is 5. The third-order valence-electron chi connectivity index (χ3n) is 5.78. The molecule has 0 radical (unpaired) electrons. The molecule has 2 saturated heterocycles. The second-order valence-corrected chi connectivity index (χ2v) is 8.94. The van der Waals surface area contributed by atoms with Crippen LogP contribution < -0.4 is 16.0 Å². The fourth-order valence-corrected chi connectivity index (χ4v) is 5.46. The van der Waals surface area contributed by atoms with Crippen molar-refractivity contribution in [2.45, 2.75) is 12.0 Å². The summed E-state index contributed by atoms with van der Waals surface area (Å²) in [5, 5.41) is 8.78. The van der Waals surface area contributed by atoms with Crippen molar-refractivity contribution in [3.8, 4) is 0 Å². The van der Waals surface area contributed by atoms with Crippen molar-refractivity contribution in [2.75, 3.05) is 55.0 Å². The number of hydrogen-bond donors (Lipinski definition) is 3. The zero-order chi connectivity index (χ0) is 21.5. The van der Waals surface area contributed by atoms with Crippen LogP contribution >= 0.6 is 11.8 Å². The normalized spacial score (nSPS) is 21.4. The van der Waals surface area contributed by atoms with Crippen molar-refractivity contribution in [2.24, 2.45) is 0 Å². The predicted molar refractivity (Wildman–Crippen MR) is 125 cm³/mol. The Bertz CT molecular complexity index is 879. The van der Waals surface area contributed by atoms with E-state index in [4.69, 9.17) is 4.74 Å². The molecule has 1 atom stereocenters. The van der Waals surface area contributed by atoms with Crippen LogP contribution in [0.25, 0.3) is 0 Å². The zero-order valence-electron chi connectivity index (χ0n) is 17.4. The fourth-order valence-electron chi connectivity index (χ4n) is 3.98. The van der Waals surface area contributed by atoms with Gasteiger partial charge >= 0.3 is 6.03 Å². The van der Waals surface area contributed by atoms with E-state index in [0.29, 0.717) is 17.8 Å². The summed E-state index contributed by atoms with van der Waals surface area (Å²) in [6.07, 6.45) is 1.07. The second-order valence-electron chi connectivity index (χ2n) is 7.83. The fraction of sp³-hybridized carbons (Fsp3) is 0.391. The molecule has 4 rings (SSSR count). The van der Waals surface area contributed by atoms with Gasteiger partial charge in [-0.05, 0) is 48.6 Å². The largest absolute Gasteiger partial charge is 0.379 e. The minimum absolute atomic E-state index is 0.00513. The number of anilines is 2. The summed E-state index contributed by atoms with van der Waals surface area (Å²) in [6, 6.07) is 16.0. The zero-order valence-corrected chi connectivity index (χ0v) is 18.2. The molecule has 0 aromatic heterocycles. The Balaban J connectivity index is 1.29. The number of morpholine rings is 1. The topological polar surface area (TPSA) is 82.7 Å². The van der Waals surface area contributed by atoms with Gasteiger partial charge in [-0.25, -0.2) is 4.79 Å². The van der Waals surface area contributed by atoms with Crippen LogP contribution in [0.15, 0.2) is 54.6 Å². The highest BCUT2D eigenvalue weighted by molar-refractivity contribution is 7.99. The highest BCUT2D eigenvalue weighted by atomic mass is 32.2. The van der Waals surface area contributed by atoms with Crippen LogP contribution in [0.3, 0.4) is 0 Å². The third-order valence-corrected chi connectivity index (χ3v) is 7.01. The van der Waals surface area contributed by atoms with Crippen LogP contribution in [0.2, 0.25) is 0 Å². The van der Waals surface area contributed by atoms with Crippen LogP contribution in [0.4, 0.5) is 16.2 Å². The third kappa shape index (κ3) is 5.58. The maximum absolute atomic E-state index is 12.5. The second kappa shape index (κ2) is 10.2. The van der Waals surface area contributed by atoms with Crippen molar-refractivity contribution >= 4 is 35.1 Å². The Morgan fingerprint density at radius 1 is 0.968 bits per heavy atom. The molecule has 0 spiro atoms. The Morgan fingerprint density at radius 3 is 2.35 bits per heavy atom. The summed E-state index contributed by atoms with van der Waals surface area (Å²) in [7, 11) is 0. The number of nitrogens with zero attached hydrogens (tertiary/aromatic N) is 1. The molecule has 2 aliphatic rings. The monoisotopic (exact) mass is 440 g/mol. The van der Waals surface area contributed by atoms with E-state index in [0.717, 1.165) is 49.9 Å². The SMILES string of the molecule is O=C(NCC1(N2CCOCC2)CCSC1)Nc1ccc(C(=O)Nc2ccccc2)cc1. The van der Waals surface area contributed by atoms with Gasteiger partial charge in [-0.3, -0.25) is 9.69 Å². The van der Waals surface area contributed by atoms with Crippen molar-refractivity contribution in [3.05, 3.63) is 60.2 Å². The van der Waals surface area contributed by atoms with Gasteiger partial charge in [0, 0.05) is 47.9 Å². The number of carbonyl (C=O) groups excluding carboxylic acids is 2. The first-order chi connectivity index (χ1) is 15.1. The number of urea groups is 1. The van der Waals surface area contributed by atoms with Crippen LogP contribution in [0, 0.1) is 0 Å². The van der Waals surface area contributed by atoms with Gasteiger partial charge < -0.3 is 20.7 Å². The molecule has 0 aliphatic carbocycles. The van der Waals surface area contributed by atoms with Gasteiger partial charge in [-0.15, -0.1) is 0 Å². The summed E-state index contributed by atoms with van der Waals surface area (Å²) in [5.41, 5.74) is 1.93. The number of carbonyl (C=O) groups is 2. The smallest absolute Gasteiger partial charge is 0.319 e. The van der Waals surface area contributed by atoms with Gasteiger partial charge in [0.2, 0.25) is 0 Å². The Morgan fingerprint density at radius 2 is 1.68 bits per heavy atom. The average molecular weight is 441 g/mol. The molecule has 3 amide bonds. The molecule has 0 saturated carbocycles. The molecule has 2 heterocycles. The first-order valence-electron chi connectivity index (χ1n) is 10.6. The maximum atomic E-state index is 12.5. The number of ether oxygens (including phenoxy) is 1. The summed E-state index contributed by atoms with van der Waals surface area (Å²) in [5.74, 6) is 1.96. The van der Waals surface area contributed by atoms with Gasteiger partial charge in [-0.2, -0.15) is 11.8 Å². The number of amides is 3. The van der Waals surface area contributed by atoms with Crippen molar-refractivity contribution in [1.29, 1.82) is 0 Å². The molecule has 164 valence electrons. The Labute approximate surface area is 186 Å². The summed E-state index contributed by atoms with van der Waals surface area (Å²) in [4.78, 5) is 27.3. The van der Waals surface area contributed by atoms with Crippen molar-refractivity contribution < 1.29 is 14.3 Å². The van der Waals surface area contributed by atoms with E-state index in [2.05, 4.69) is 20.9 Å². The lowest BCUT2D eigenvalue weighted by Crippen LogP contribution is -2.59. The van der Waals surface area contributed by atoms with E-state index in [-0.39, 0.29) is 17.5 Å². The molecule has 7 nitrogen and oxygen atoms in total. The van der Waals surface area contributed by atoms with E-state index in [1.54, 1.807) is 24.3 Å². The van der Waals surface area contributed by atoms with Gasteiger partial charge in [-0.1, -0.05) is 18.2 Å². The van der Waals surface area contributed by atoms with Crippen molar-refractivity contribution in [3.63, 3.8) is 0 Å². The highest BCUT2D eigenvalue weighted by Crippen LogP contribution is 2.33. The molecule has 3 N–H and O–H groups in total. The first-order valence-corrected chi connectivity index (χ1v) is 11.7. The molecule has 8 heteroatoms. The molecule has 31 heavy (non-hydrogen) atoms. The summed E-state index contributed by atoms with van der Waals surface area (Å²) in [6.45, 7) is 3.95. The first kappa shape index (κ1) is 21.7. The average Bonchev–Trinajstić information content (AvgIpc) is 3.30. The lowest BCUT2D eigenvalue weighted by atomic mass is 9.95. The quantitative estimate of drug-likeness (QED) is 0.642. The van der Waals surface area contributed by atoms with Crippen LogP contribution in [-0.4, -0.2) is 66.7 Å². The van der Waals surface area contributed by atoms with E-state index in [1.807, 2.05) is 42.1 Å². The van der Waals surface area contributed by atoms with Crippen LogP contribution in [-0.2, 0) is 4.74 Å². The van der Waals surface area contributed by atoms with E-state index >= 15 is 0 Å². The van der Waals surface area contributed by atoms with E-state index in [1.165, 1.54) is 0 Å². The molecular formula is C23H28N4O3S. The van der Waals surface area contributed by atoms with E-state index in [9.17, 15) is 9.59 Å². The minimum Gasteiger partial charge on any atom is -0.379 e. The molecule has 2 aromatic rings. The number of rotatable bonds is 6. The molecule has 2 aliphatic heterocycles. The molecule has 0 bridgehead atoms. The number of thioether (sulfide) groups is 1. The number of benzene rings is 2. The maximum Gasteiger partial charge on any atom is 0.319 e. The van der Waals surface area contributed by atoms with Gasteiger partial charge in [0.25, 0.3) is 5.91 Å². The van der Waals surface area contributed by atoms with Gasteiger partial charge in [0.05, 0.1) is 13.2 Å². The van der Waals surface area contributed by atoms with E-state index < -0.39 is 0 Å². The Hall–Kier alpha value is -2.55. The number of para-hydroxylation sites is 1. The van der Waals surface area contributed by atoms with Crippen molar-refractivity contribution in [1.82, 2.24) is 10.2 Å². The highest BCUT2D eigenvalue weighted by Gasteiger charge is 2.40. The standard InChI is InChI=1S/C23H28N4O3S/c28-21(25-19-4-2-1-3-5-19)18-6-8-20(9-7-18)26-22(29)24-16-23(10-15-31-17-23)27-11-13-30-14-12-27/h1-9H,10-17H2,(H,25,28)(H2,24,26,29). The number of nitrogens with one attached hydrogen (secondary N) is 3. The lowest BCUT2D eigenvalue weighted by molar-refractivity contribution is -0.0123. The molecular weight excluding hydrogens is 412 g/mol. The predicted octanol–water partition coefficient (Wildman–Crippen LogP) is 3.27.